The van der Waals surface area contributed by atoms with Gasteiger partial charge in [0.1, 0.15) is 5.39 Å². The number of hydrogen-bond donors (Lipinski definition) is 1. The van der Waals surface area contributed by atoms with E-state index in [1.807, 2.05) is 30.3 Å². The van der Waals surface area contributed by atoms with Crippen LogP contribution in [0.15, 0.2) is 64.8 Å². The van der Waals surface area contributed by atoms with Crippen molar-refractivity contribution in [2.75, 3.05) is 5.75 Å². The zero-order valence-corrected chi connectivity index (χ0v) is 17.8. The van der Waals surface area contributed by atoms with Crippen LogP contribution in [-0.2, 0) is 11.3 Å². The predicted octanol–water partition coefficient (Wildman–Crippen LogP) is 2.98. The summed E-state index contributed by atoms with van der Waals surface area (Å²) in [5.74, 6) is 0.474. The van der Waals surface area contributed by atoms with Crippen LogP contribution in [0.2, 0.25) is 5.02 Å². The predicted molar refractivity (Wildman–Crippen MR) is 119 cm³/mol. The molecule has 0 bridgehead atoms. The summed E-state index contributed by atoms with van der Waals surface area (Å²) in [4.78, 5) is 34.5. The number of aromatic nitrogens is 5. The van der Waals surface area contributed by atoms with Crippen molar-refractivity contribution in [1.82, 2.24) is 29.6 Å². The summed E-state index contributed by atoms with van der Waals surface area (Å²) in [5, 5.41) is 8.78. The van der Waals surface area contributed by atoms with Crippen molar-refractivity contribution in [1.29, 1.82) is 0 Å². The number of rotatable bonds is 5. The number of nitrogens with zero attached hydrogens (tertiary/aromatic N) is 5. The highest BCUT2D eigenvalue weighted by molar-refractivity contribution is 7.99. The van der Waals surface area contributed by atoms with Gasteiger partial charge in [0, 0.05) is 23.4 Å². The minimum absolute atomic E-state index is 0.134. The van der Waals surface area contributed by atoms with E-state index in [0.717, 1.165) is 11.4 Å². The molecule has 4 aromatic rings. The van der Waals surface area contributed by atoms with Crippen LogP contribution in [0.1, 0.15) is 18.2 Å². The van der Waals surface area contributed by atoms with Crippen LogP contribution < -0.4 is 10.9 Å². The summed E-state index contributed by atoms with van der Waals surface area (Å²) in [6, 6.07) is 12.5. The molecular weight excluding hydrogens is 436 g/mol. The van der Waals surface area contributed by atoms with Crippen molar-refractivity contribution in [2.24, 2.45) is 0 Å². The van der Waals surface area contributed by atoms with Crippen LogP contribution in [0.25, 0.3) is 16.7 Å². The second-order valence-electron chi connectivity index (χ2n) is 7.11. The molecule has 0 saturated heterocycles. The molecule has 10 heteroatoms. The third kappa shape index (κ3) is 3.82. The lowest BCUT2D eigenvalue weighted by Gasteiger charge is -2.13. The summed E-state index contributed by atoms with van der Waals surface area (Å²) in [6.07, 6.45) is 3.40. The van der Waals surface area contributed by atoms with Crippen LogP contribution >= 0.6 is 23.4 Å². The number of pyridine rings is 1. The topological polar surface area (TPSA) is 94.7 Å². The third-order valence-electron chi connectivity index (χ3n) is 5.04. The first kappa shape index (κ1) is 19.8. The maximum absolute atomic E-state index is 13.2. The molecule has 31 heavy (non-hydrogen) atoms. The van der Waals surface area contributed by atoms with Crippen molar-refractivity contribution < 1.29 is 4.79 Å². The van der Waals surface area contributed by atoms with Gasteiger partial charge < -0.3 is 5.32 Å². The summed E-state index contributed by atoms with van der Waals surface area (Å²) >= 11 is 7.56. The number of carbonyl (C=O) groups is 1. The van der Waals surface area contributed by atoms with Crippen LogP contribution in [0.4, 0.5) is 0 Å². The number of halogens is 1. The molecule has 0 spiro atoms. The van der Waals surface area contributed by atoms with E-state index in [1.54, 1.807) is 27.6 Å². The normalized spacial score (nSPS) is 15.2. The van der Waals surface area contributed by atoms with Crippen LogP contribution in [0.3, 0.4) is 0 Å². The lowest BCUT2D eigenvalue weighted by Crippen LogP contribution is -2.30. The lowest BCUT2D eigenvalue weighted by molar-refractivity contribution is -0.121. The van der Waals surface area contributed by atoms with E-state index in [4.69, 9.17) is 11.6 Å². The van der Waals surface area contributed by atoms with Gasteiger partial charge in [0.05, 0.1) is 30.2 Å². The Morgan fingerprint density at radius 3 is 2.97 bits per heavy atom. The molecule has 1 N–H and O–H groups in total. The van der Waals surface area contributed by atoms with Crippen molar-refractivity contribution >= 4 is 40.3 Å². The molecule has 8 nitrogen and oxygen atoms in total. The highest BCUT2D eigenvalue weighted by Crippen LogP contribution is 2.33. The maximum Gasteiger partial charge on any atom is 0.265 e. The zero-order valence-electron chi connectivity index (χ0n) is 16.2. The first-order valence-corrected chi connectivity index (χ1v) is 11.0. The van der Waals surface area contributed by atoms with Gasteiger partial charge in [0.15, 0.2) is 10.8 Å². The molecule has 1 aliphatic heterocycles. The monoisotopic (exact) mass is 452 g/mol. The number of nitrogens with one attached hydrogen (secondary N) is 1. The highest BCUT2D eigenvalue weighted by Gasteiger charge is 2.29. The van der Waals surface area contributed by atoms with Gasteiger partial charge in [-0.25, -0.2) is 9.67 Å². The quantitative estimate of drug-likeness (QED) is 0.468. The van der Waals surface area contributed by atoms with Gasteiger partial charge >= 0.3 is 0 Å². The van der Waals surface area contributed by atoms with E-state index in [2.05, 4.69) is 20.4 Å². The number of amides is 1. The van der Waals surface area contributed by atoms with Crippen molar-refractivity contribution in [3.63, 3.8) is 0 Å². The molecule has 1 aliphatic rings. The number of fused-ring (bicyclic) bond motifs is 2. The average Bonchev–Trinajstić information content (AvgIpc) is 3.38. The molecule has 0 aliphatic carbocycles. The molecule has 1 atom stereocenters. The summed E-state index contributed by atoms with van der Waals surface area (Å²) in [5.41, 5.74) is 1.80. The van der Waals surface area contributed by atoms with Crippen molar-refractivity contribution in [3.8, 4) is 5.69 Å². The molecule has 0 radical (unpaired) electrons. The van der Waals surface area contributed by atoms with E-state index in [-0.39, 0.29) is 23.9 Å². The zero-order chi connectivity index (χ0) is 21.4. The summed E-state index contributed by atoms with van der Waals surface area (Å²) < 4.78 is 3.22. The van der Waals surface area contributed by atoms with Crippen molar-refractivity contribution in [3.05, 3.63) is 75.9 Å². The van der Waals surface area contributed by atoms with Gasteiger partial charge in [-0.3, -0.25) is 19.1 Å². The fraction of sp³-hybridized carbons (Fsp3) is 0.190. The molecule has 1 amide bonds. The van der Waals surface area contributed by atoms with E-state index in [9.17, 15) is 9.59 Å². The molecule has 5 rings (SSSR count). The molecule has 0 fully saturated rings. The van der Waals surface area contributed by atoms with E-state index < -0.39 is 0 Å². The average molecular weight is 453 g/mol. The Balaban J connectivity index is 1.40. The Bertz CT molecular complexity index is 1340. The SMILES string of the molecule is O=C(CC1CSc2nc3c(cnn3-c3cccc(Cl)c3)c(=O)n21)NCc1ccccn1. The van der Waals surface area contributed by atoms with Gasteiger partial charge in [-0.1, -0.05) is 35.5 Å². The first-order chi connectivity index (χ1) is 15.1. The van der Waals surface area contributed by atoms with Gasteiger partial charge in [-0.2, -0.15) is 5.10 Å². The maximum atomic E-state index is 13.2. The molecule has 0 saturated carbocycles. The van der Waals surface area contributed by atoms with E-state index in [1.165, 1.54) is 18.0 Å². The minimum atomic E-state index is -0.261. The Morgan fingerprint density at radius 1 is 1.26 bits per heavy atom. The Kier molecular flexibility index (Phi) is 5.21. The van der Waals surface area contributed by atoms with E-state index >= 15 is 0 Å². The standard InChI is InChI=1S/C21H17ClN6O2S/c22-13-4-3-6-15(8-13)28-19-17(11-25-28)20(30)27-16(12-31-21(27)26-19)9-18(29)24-10-14-5-1-2-7-23-14/h1-8,11,16H,9-10,12H2,(H,24,29). The molecule has 3 aromatic heterocycles. The van der Waals surface area contributed by atoms with E-state index in [0.29, 0.717) is 33.5 Å². The molecule has 156 valence electrons. The fourth-order valence-electron chi connectivity index (χ4n) is 3.56. The Hall–Kier alpha value is -3.17. The molecule has 1 aromatic carbocycles. The second kappa shape index (κ2) is 8.16. The second-order valence-corrected chi connectivity index (χ2v) is 8.53. The number of carbonyl (C=O) groups excluding carboxylic acids is 1. The summed E-state index contributed by atoms with van der Waals surface area (Å²) in [6.45, 7) is 0.352. The highest BCUT2D eigenvalue weighted by atomic mass is 35.5. The van der Waals surface area contributed by atoms with Crippen LogP contribution in [0.5, 0.6) is 0 Å². The van der Waals surface area contributed by atoms with Gasteiger partial charge in [-0.05, 0) is 30.3 Å². The molecule has 1 unspecified atom stereocenters. The fourth-order valence-corrected chi connectivity index (χ4v) is 4.87. The lowest BCUT2D eigenvalue weighted by atomic mass is 10.2. The summed E-state index contributed by atoms with van der Waals surface area (Å²) in [7, 11) is 0. The molecular formula is C21H17ClN6O2S. The smallest absolute Gasteiger partial charge is 0.265 e. The largest absolute Gasteiger partial charge is 0.350 e. The Labute approximate surface area is 186 Å². The third-order valence-corrected chi connectivity index (χ3v) is 6.37. The van der Waals surface area contributed by atoms with Crippen LogP contribution in [0, 0.1) is 0 Å². The number of benzene rings is 1. The van der Waals surface area contributed by atoms with Crippen molar-refractivity contribution in [2.45, 2.75) is 24.2 Å². The van der Waals surface area contributed by atoms with Gasteiger partial charge in [-0.15, -0.1) is 0 Å². The Morgan fingerprint density at radius 2 is 2.16 bits per heavy atom. The number of thioether (sulfide) groups is 1. The molecule has 4 heterocycles. The van der Waals surface area contributed by atoms with Gasteiger partial charge in [0.2, 0.25) is 5.91 Å². The van der Waals surface area contributed by atoms with Crippen LogP contribution in [-0.4, -0.2) is 36.0 Å². The first-order valence-electron chi connectivity index (χ1n) is 9.66. The minimum Gasteiger partial charge on any atom is -0.350 e. The number of hydrogen-bond acceptors (Lipinski definition) is 6. The van der Waals surface area contributed by atoms with Gasteiger partial charge in [0.25, 0.3) is 5.56 Å².